The lowest BCUT2D eigenvalue weighted by Crippen LogP contribution is -2.47. The monoisotopic (exact) mass is 384 g/mol. The van der Waals surface area contributed by atoms with Crippen molar-refractivity contribution in [1.82, 2.24) is 5.32 Å². The maximum Gasteiger partial charge on any atom is 0.326 e. The molecule has 7 nitrogen and oxygen atoms in total. The van der Waals surface area contributed by atoms with Crippen LogP contribution in [0.5, 0.6) is 0 Å². The van der Waals surface area contributed by atoms with Crippen molar-refractivity contribution in [3.8, 4) is 0 Å². The number of carbonyl (C=O) groups is 2. The zero-order chi connectivity index (χ0) is 19.1. The molecule has 0 aromatic heterocycles. The summed E-state index contributed by atoms with van der Waals surface area (Å²) in [6, 6.07) is 7.80. The number of sulfonamides is 1. The van der Waals surface area contributed by atoms with Gasteiger partial charge in [-0.25, -0.2) is 22.0 Å². The summed E-state index contributed by atoms with van der Waals surface area (Å²) in [6.07, 6.45) is -3.99. The van der Waals surface area contributed by atoms with Crippen molar-refractivity contribution < 1.29 is 31.9 Å². The van der Waals surface area contributed by atoms with Gasteiger partial charge in [-0.2, -0.15) is 0 Å². The van der Waals surface area contributed by atoms with Crippen LogP contribution in [0.25, 0.3) is 10.8 Å². The normalized spacial score (nSPS) is 16.0. The molecule has 1 heterocycles. The smallest absolute Gasteiger partial charge is 0.326 e. The number of carboxylic acid groups (broad SMARTS) is 1. The first-order valence-electron chi connectivity index (χ1n) is 7.56. The highest BCUT2D eigenvalue weighted by Gasteiger charge is 2.37. The van der Waals surface area contributed by atoms with E-state index in [-0.39, 0.29) is 10.6 Å². The molecule has 0 saturated heterocycles. The Kier molecular flexibility index (Phi) is 4.53. The molecule has 1 atom stereocenters. The van der Waals surface area contributed by atoms with Crippen molar-refractivity contribution in [1.29, 1.82) is 0 Å². The third kappa shape index (κ3) is 3.07. The van der Waals surface area contributed by atoms with E-state index in [1.807, 2.05) is 5.32 Å². The third-order valence-corrected chi connectivity index (χ3v) is 5.82. The van der Waals surface area contributed by atoms with Gasteiger partial charge in [0.1, 0.15) is 12.6 Å². The molecule has 1 aliphatic rings. The third-order valence-electron chi connectivity index (χ3n) is 4.02. The van der Waals surface area contributed by atoms with Gasteiger partial charge < -0.3 is 10.4 Å². The predicted molar refractivity (Wildman–Crippen MR) is 88.7 cm³/mol. The number of anilines is 1. The Morgan fingerprint density at radius 1 is 1.15 bits per heavy atom. The first-order chi connectivity index (χ1) is 12.2. The Hall–Kier alpha value is -2.75. The Labute approximate surface area is 147 Å². The second-order valence-electron chi connectivity index (χ2n) is 5.73. The molecule has 2 N–H and O–H groups in total. The van der Waals surface area contributed by atoms with Gasteiger partial charge in [-0.3, -0.25) is 9.10 Å². The van der Waals surface area contributed by atoms with E-state index in [1.54, 1.807) is 24.3 Å². The zero-order valence-electron chi connectivity index (χ0n) is 13.2. The molecule has 0 aliphatic carbocycles. The topological polar surface area (TPSA) is 104 Å². The van der Waals surface area contributed by atoms with Crippen LogP contribution in [-0.4, -0.2) is 44.4 Å². The van der Waals surface area contributed by atoms with E-state index in [1.165, 1.54) is 12.1 Å². The van der Waals surface area contributed by atoms with Gasteiger partial charge in [0.05, 0.1) is 10.6 Å². The van der Waals surface area contributed by atoms with Crippen LogP contribution in [0, 0.1) is 0 Å². The number of amides is 1. The van der Waals surface area contributed by atoms with Crippen molar-refractivity contribution in [2.24, 2.45) is 0 Å². The van der Waals surface area contributed by atoms with Crippen molar-refractivity contribution in [2.75, 3.05) is 10.8 Å². The van der Waals surface area contributed by atoms with E-state index >= 15 is 0 Å². The molecule has 2 aromatic rings. The first-order valence-corrected chi connectivity index (χ1v) is 9.00. The van der Waals surface area contributed by atoms with Crippen LogP contribution in [0.2, 0.25) is 0 Å². The summed E-state index contributed by atoms with van der Waals surface area (Å²) in [6.45, 7) is -0.705. The second-order valence-corrected chi connectivity index (χ2v) is 7.56. The number of carboxylic acids is 1. The number of alkyl halides is 2. The molecule has 10 heteroatoms. The Morgan fingerprint density at radius 2 is 1.81 bits per heavy atom. The minimum atomic E-state index is -4.00. The quantitative estimate of drug-likeness (QED) is 0.787. The summed E-state index contributed by atoms with van der Waals surface area (Å²) < 4.78 is 51.1. The number of rotatable bonds is 6. The lowest BCUT2D eigenvalue weighted by Gasteiger charge is -2.20. The number of benzene rings is 2. The first kappa shape index (κ1) is 18.1. The molecule has 0 fully saturated rings. The number of nitrogens with zero attached hydrogens (tertiary/aromatic N) is 1. The summed E-state index contributed by atoms with van der Waals surface area (Å²) in [7, 11) is -4.00. The molecule has 1 amide bonds. The van der Waals surface area contributed by atoms with E-state index in [0.29, 0.717) is 10.8 Å². The number of hydrogen-bond acceptors (Lipinski definition) is 4. The summed E-state index contributed by atoms with van der Waals surface area (Å²) in [5, 5.41) is 12.0. The van der Waals surface area contributed by atoms with E-state index in [4.69, 9.17) is 5.11 Å². The van der Waals surface area contributed by atoms with Gasteiger partial charge in [-0.15, -0.1) is 0 Å². The van der Waals surface area contributed by atoms with Crippen molar-refractivity contribution in [2.45, 2.75) is 23.8 Å². The highest BCUT2D eigenvalue weighted by atomic mass is 32.2. The van der Waals surface area contributed by atoms with Gasteiger partial charge in [-0.1, -0.05) is 24.3 Å². The van der Waals surface area contributed by atoms with Crippen LogP contribution in [-0.2, 0) is 19.6 Å². The highest BCUT2D eigenvalue weighted by Crippen LogP contribution is 2.41. The van der Waals surface area contributed by atoms with E-state index in [2.05, 4.69) is 0 Å². The Balaban J connectivity index is 1.88. The van der Waals surface area contributed by atoms with Crippen molar-refractivity contribution in [3.05, 3.63) is 36.4 Å². The van der Waals surface area contributed by atoms with Crippen molar-refractivity contribution in [3.63, 3.8) is 0 Å². The SMILES string of the molecule is O=C(CN1c2cccc3cccc(c23)S1(=O)=O)NC(CC(F)F)C(=O)O. The number of hydrogen-bond donors (Lipinski definition) is 2. The standard InChI is InChI=1S/C16H14F2N2O5S/c17-13(18)7-10(16(22)23)19-14(21)8-20-11-5-1-3-9-4-2-6-12(15(9)11)26(20,24)25/h1-6,10,13H,7-8H2,(H,19,21)(H,22,23). The molecule has 1 unspecified atom stereocenters. The fourth-order valence-corrected chi connectivity index (χ4v) is 4.57. The molecular formula is C16H14F2N2O5S. The maximum atomic E-state index is 12.7. The molecule has 26 heavy (non-hydrogen) atoms. The summed E-state index contributed by atoms with van der Waals surface area (Å²) in [4.78, 5) is 23.2. The molecule has 1 aliphatic heterocycles. The van der Waals surface area contributed by atoms with Crippen LogP contribution in [0.1, 0.15) is 6.42 Å². The van der Waals surface area contributed by atoms with E-state index < -0.39 is 47.3 Å². The van der Waals surface area contributed by atoms with E-state index in [9.17, 15) is 26.8 Å². The van der Waals surface area contributed by atoms with Gasteiger partial charge in [0.15, 0.2) is 0 Å². The molecule has 0 radical (unpaired) electrons. The van der Waals surface area contributed by atoms with Crippen LogP contribution < -0.4 is 9.62 Å². The van der Waals surface area contributed by atoms with Gasteiger partial charge in [0, 0.05) is 11.8 Å². The fourth-order valence-electron chi connectivity index (χ4n) is 2.90. The number of carbonyl (C=O) groups excluding carboxylic acids is 1. The Morgan fingerprint density at radius 3 is 2.42 bits per heavy atom. The Bertz CT molecular complexity index is 988. The van der Waals surface area contributed by atoms with Crippen LogP contribution in [0.3, 0.4) is 0 Å². The fraction of sp³-hybridized carbons (Fsp3) is 0.250. The lowest BCUT2D eigenvalue weighted by atomic mass is 10.1. The average Bonchev–Trinajstić information content (AvgIpc) is 2.77. The van der Waals surface area contributed by atoms with Crippen LogP contribution in [0.4, 0.5) is 14.5 Å². The zero-order valence-corrected chi connectivity index (χ0v) is 14.0. The van der Waals surface area contributed by atoms with Gasteiger partial charge >= 0.3 is 5.97 Å². The van der Waals surface area contributed by atoms with Gasteiger partial charge in [-0.05, 0) is 17.5 Å². The predicted octanol–water partition coefficient (Wildman–Crippen LogP) is 1.57. The molecule has 3 rings (SSSR count). The maximum absolute atomic E-state index is 12.7. The largest absolute Gasteiger partial charge is 0.480 e. The molecule has 2 aromatic carbocycles. The van der Waals surface area contributed by atoms with Gasteiger partial charge in [0.25, 0.3) is 10.0 Å². The second kappa shape index (κ2) is 6.52. The molecule has 0 saturated carbocycles. The highest BCUT2D eigenvalue weighted by molar-refractivity contribution is 7.93. The molecule has 0 bridgehead atoms. The van der Waals surface area contributed by atoms with Gasteiger partial charge in [0.2, 0.25) is 12.3 Å². The minimum Gasteiger partial charge on any atom is -0.480 e. The van der Waals surface area contributed by atoms with E-state index in [0.717, 1.165) is 4.31 Å². The van der Waals surface area contributed by atoms with Crippen LogP contribution >= 0.6 is 0 Å². The summed E-state index contributed by atoms with van der Waals surface area (Å²) in [5.41, 5.74) is 0.286. The van der Waals surface area contributed by atoms with Crippen LogP contribution in [0.15, 0.2) is 41.3 Å². The molecule has 0 spiro atoms. The minimum absolute atomic E-state index is 0.0424. The van der Waals surface area contributed by atoms with Crippen molar-refractivity contribution >= 4 is 38.4 Å². The number of aliphatic carboxylic acids is 1. The summed E-state index contributed by atoms with van der Waals surface area (Å²) >= 11 is 0. The average molecular weight is 384 g/mol. The number of halogens is 2. The number of nitrogens with one attached hydrogen (secondary N) is 1. The molecular weight excluding hydrogens is 370 g/mol. The lowest BCUT2D eigenvalue weighted by molar-refractivity contribution is -0.142. The molecule has 138 valence electrons. The summed E-state index contributed by atoms with van der Waals surface area (Å²) in [5.74, 6) is -2.60.